The first-order chi connectivity index (χ1) is 12.7. The summed E-state index contributed by atoms with van der Waals surface area (Å²) in [6.45, 7) is 2.20. The van der Waals surface area contributed by atoms with E-state index in [1.807, 2.05) is 23.5 Å². The minimum Gasteiger partial charge on any atom is -0.299 e. The number of fused-ring (bicyclic) bond motifs is 1. The molecule has 2 aliphatic carbocycles. The summed E-state index contributed by atoms with van der Waals surface area (Å²) >= 11 is 3.87. The molecule has 4 rings (SSSR count). The fourth-order valence-corrected chi connectivity index (χ4v) is 7.73. The van der Waals surface area contributed by atoms with Gasteiger partial charge in [-0.3, -0.25) is 4.79 Å². The van der Waals surface area contributed by atoms with Crippen LogP contribution in [0.2, 0.25) is 0 Å². The van der Waals surface area contributed by atoms with Gasteiger partial charge in [0.25, 0.3) is 0 Å². The van der Waals surface area contributed by atoms with Gasteiger partial charge in [-0.15, -0.1) is 23.5 Å². The minimum atomic E-state index is -0.119. The number of hydrogen-bond acceptors (Lipinski definition) is 3. The summed E-state index contributed by atoms with van der Waals surface area (Å²) in [7, 11) is 0. The standard InChI is InChI=1S/C23H24OS2/c1-17-15-20-21(13-8-14-22(20)24)23(16-17,25-18-9-4-2-5-10-18)26-19-11-6-3-7-12-19/h2-7,9-12,16,20-21H,8,13-15H2,1H3/t20-,21+/m0/s1. The van der Waals surface area contributed by atoms with Gasteiger partial charge in [-0.2, -0.15) is 0 Å². The molecule has 2 aromatic rings. The molecule has 0 aromatic heterocycles. The topological polar surface area (TPSA) is 17.1 Å². The first kappa shape index (κ1) is 17.9. The van der Waals surface area contributed by atoms with Crippen LogP contribution in [-0.2, 0) is 4.79 Å². The number of carbonyl (C=O) groups is 1. The van der Waals surface area contributed by atoms with Gasteiger partial charge in [-0.25, -0.2) is 0 Å². The summed E-state index contributed by atoms with van der Waals surface area (Å²) in [6.07, 6.45) is 6.33. The monoisotopic (exact) mass is 380 g/mol. The summed E-state index contributed by atoms with van der Waals surface area (Å²) < 4.78 is -0.119. The number of carbonyl (C=O) groups excluding carboxylic acids is 1. The van der Waals surface area contributed by atoms with Crippen molar-refractivity contribution in [2.75, 3.05) is 0 Å². The maximum atomic E-state index is 12.7. The Labute approximate surface area is 164 Å². The van der Waals surface area contributed by atoms with Crippen molar-refractivity contribution in [2.24, 2.45) is 11.8 Å². The van der Waals surface area contributed by atoms with E-state index in [1.165, 1.54) is 15.4 Å². The molecule has 0 heterocycles. The van der Waals surface area contributed by atoms with Crippen molar-refractivity contribution < 1.29 is 4.79 Å². The number of rotatable bonds is 4. The Hall–Kier alpha value is -1.45. The summed E-state index contributed by atoms with van der Waals surface area (Å²) in [6, 6.07) is 21.3. The first-order valence-corrected chi connectivity index (χ1v) is 11.0. The van der Waals surface area contributed by atoms with Crippen molar-refractivity contribution in [1.29, 1.82) is 0 Å². The quantitative estimate of drug-likeness (QED) is 0.439. The average molecular weight is 381 g/mol. The molecule has 0 amide bonds. The largest absolute Gasteiger partial charge is 0.299 e. The third kappa shape index (κ3) is 3.65. The van der Waals surface area contributed by atoms with E-state index in [-0.39, 0.29) is 10.00 Å². The normalized spacial score (nSPS) is 24.7. The second-order valence-electron chi connectivity index (χ2n) is 7.32. The van der Waals surface area contributed by atoms with Gasteiger partial charge < -0.3 is 0 Å². The SMILES string of the molecule is CC1=CC(Sc2ccccc2)(Sc2ccccc2)[C@@H]2CCCC(=O)[C@H]2C1. The molecule has 1 nitrogen and oxygen atoms in total. The van der Waals surface area contributed by atoms with Crippen molar-refractivity contribution in [3.63, 3.8) is 0 Å². The number of thioether (sulfide) groups is 2. The van der Waals surface area contributed by atoms with Gasteiger partial charge in [-0.1, -0.05) is 48.0 Å². The molecule has 0 saturated heterocycles. The molecule has 0 aliphatic heterocycles. The smallest absolute Gasteiger partial charge is 0.136 e. The Bertz CT molecular complexity index is 756. The van der Waals surface area contributed by atoms with Crippen LogP contribution in [0.5, 0.6) is 0 Å². The number of allylic oxidation sites excluding steroid dienone is 1. The molecule has 0 unspecified atom stereocenters. The van der Waals surface area contributed by atoms with Gasteiger partial charge in [0.1, 0.15) is 5.78 Å². The van der Waals surface area contributed by atoms with Gasteiger partial charge in [0, 0.05) is 22.1 Å². The molecule has 26 heavy (non-hydrogen) atoms. The Morgan fingerprint density at radius 1 is 0.923 bits per heavy atom. The molecule has 0 spiro atoms. The molecule has 2 aliphatic rings. The van der Waals surface area contributed by atoms with Crippen molar-refractivity contribution in [3.05, 3.63) is 72.3 Å². The third-order valence-corrected chi connectivity index (χ3v) is 8.38. The highest BCUT2D eigenvalue weighted by molar-refractivity contribution is 8.18. The minimum absolute atomic E-state index is 0.119. The van der Waals surface area contributed by atoms with E-state index < -0.39 is 0 Å². The van der Waals surface area contributed by atoms with E-state index in [4.69, 9.17) is 0 Å². The second kappa shape index (κ2) is 7.66. The highest BCUT2D eigenvalue weighted by atomic mass is 32.2. The molecule has 134 valence electrons. The van der Waals surface area contributed by atoms with Gasteiger partial charge >= 0.3 is 0 Å². The fraction of sp³-hybridized carbons (Fsp3) is 0.348. The van der Waals surface area contributed by atoms with Crippen molar-refractivity contribution in [3.8, 4) is 0 Å². The maximum Gasteiger partial charge on any atom is 0.136 e. The van der Waals surface area contributed by atoms with Crippen LogP contribution in [0, 0.1) is 11.8 Å². The van der Waals surface area contributed by atoms with Gasteiger partial charge in [0.2, 0.25) is 0 Å². The summed E-state index contributed by atoms with van der Waals surface area (Å²) in [5, 5.41) is 0. The number of Topliss-reactive ketones (excluding diaryl/α,β-unsaturated/α-hetero) is 1. The van der Waals surface area contributed by atoms with E-state index in [2.05, 4.69) is 73.7 Å². The van der Waals surface area contributed by atoms with Crippen molar-refractivity contribution >= 4 is 29.3 Å². The van der Waals surface area contributed by atoms with Crippen LogP contribution in [0.1, 0.15) is 32.6 Å². The van der Waals surface area contributed by atoms with Crippen LogP contribution in [0.4, 0.5) is 0 Å². The lowest BCUT2D eigenvalue weighted by molar-refractivity contribution is -0.126. The average Bonchev–Trinajstić information content (AvgIpc) is 2.64. The van der Waals surface area contributed by atoms with Crippen LogP contribution < -0.4 is 0 Å². The van der Waals surface area contributed by atoms with Gasteiger partial charge in [-0.05, 0) is 56.4 Å². The summed E-state index contributed by atoms with van der Waals surface area (Å²) in [4.78, 5) is 15.3. The molecule has 2 aromatic carbocycles. The summed E-state index contributed by atoms with van der Waals surface area (Å²) in [5.74, 6) is 1.05. The van der Waals surface area contributed by atoms with E-state index >= 15 is 0 Å². The number of ketones is 1. The molecule has 2 atom stereocenters. The molecule has 0 bridgehead atoms. The zero-order valence-corrected chi connectivity index (χ0v) is 16.7. The van der Waals surface area contributed by atoms with E-state index in [0.717, 1.165) is 25.7 Å². The fourth-order valence-electron chi connectivity index (χ4n) is 4.28. The zero-order chi connectivity index (χ0) is 18.0. The molecular weight excluding hydrogens is 356 g/mol. The lowest BCUT2D eigenvalue weighted by Gasteiger charge is -2.47. The molecule has 1 saturated carbocycles. The molecule has 0 radical (unpaired) electrons. The highest BCUT2D eigenvalue weighted by Crippen LogP contribution is 2.59. The maximum absolute atomic E-state index is 12.7. The highest BCUT2D eigenvalue weighted by Gasteiger charge is 2.49. The Morgan fingerprint density at radius 3 is 2.08 bits per heavy atom. The van der Waals surface area contributed by atoms with Crippen LogP contribution in [0.15, 0.2) is 82.1 Å². The summed E-state index contributed by atoms with van der Waals surface area (Å²) in [5.41, 5.74) is 1.35. The zero-order valence-electron chi connectivity index (χ0n) is 15.1. The first-order valence-electron chi connectivity index (χ1n) is 9.35. The van der Waals surface area contributed by atoms with E-state index in [0.29, 0.717) is 11.7 Å². The Morgan fingerprint density at radius 2 is 1.50 bits per heavy atom. The van der Waals surface area contributed by atoms with Crippen LogP contribution in [0.25, 0.3) is 0 Å². The number of hydrogen-bond donors (Lipinski definition) is 0. The lowest BCUT2D eigenvalue weighted by Crippen LogP contribution is -2.43. The Balaban J connectivity index is 1.78. The molecule has 1 fully saturated rings. The third-order valence-electron chi connectivity index (χ3n) is 5.39. The van der Waals surface area contributed by atoms with Gasteiger partial charge in [0.05, 0.1) is 4.08 Å². The molecule has 0 N–H and O–H groups in total. The second-order valence-corrected chi connectivity index (χ2v) is 10.3. The predicted octanol–water partition coefficient (Wildman–Crippen LogP) is 6.60. The Kier molecular flexibility index (Phi) is 5.28. The lowest BCUT2D eigenvalue weighted by atomic mass is 9.70. The van der Waals surface area contributed by atoms with E-state index in [9.17, 15) is 4.79 Å². The van der Waals surface area contributed by atoms with Crippen LogP contribution in [-0.4, -0.2) is 9.86 Å². The van der Waals surface area contributed by atoms with Gasteiger partial charge in [0.15, 0.2) is 0 Å². The number of benzene rings is 2. The van der Waals surface area contributed by atoms with Crippen molar-refractivity contribution in [1.82, 2.24) is 0 Å². The van der Waals surface area contributed by atoms with E-state index in [1.54, 1.807) is 0 Å². The predicted molar refractivity (Wildman–Crippen MR) is 112 cm³/mol. The molecular formula is C23H24OS2. The molecule has 3 heteroatoms. The van der Waals surface area contributed by atoms with Crippen LogP contribution >= 0.6 is 23.5 Å². The van der Waals surface area contributed by atoms with Crippen LogP contribution in [0.3, 0.4) is 0 Å². The van der Waals surface area contributed by atoms with Crippen molar-refractivity contribution in [2.45, 2.75) is 46.5 Å².